The summed E-state index contributed by atoms with van der Waals surface area (Å²) >= 11 is 0. The number of nitrogens with zero attached hydrogens (tertiary/aromatic N) is 2. The fraction of sp³-hybridized carbons (Fsp3) is 0.381. The lowest BCUT2D eigenvalue weighted by atomic mass is 9.92. The summed E-state index contributed by atoms with van der Waals surface area (Å²) in [5.41, 5.74) is 1.23. The highest BCUT2D eigenvalue weighted by Crippen LogP contribution is 2.34. The zero-order chi connectivity index (χ0) is 19.7. The molecule has 1 saturated heterocycles. The predicted octanol–water partition coefficient (Wildman–Crippen LogP) is 2.20. The zero-order valence-electron chi connectivity index (χ0n) is 16.0. The molecule has 2 aliphatic heterocycles. The molecule has 0 bridgehead atoms. The van der Waals surface area contributed by atoms with Gasteiger partial charge in [0.25, 0.3) is 11.8 Å². The maximum atomic E-state index is 13.0. The molecule has 2 amide bonds. The van der Waals surface area contributed by atoms with E-state index in [1.54, 1.807) is 42.5 Å². The lowest BCUT2D eigenvalue weighted by Crippen LogP contribution is -2.57. The van der Waals surface area contributed by atoms with Crippen molar-refractivity contribution in [3.05, 3.63) is 53.3 Å². The minimum absolute atomic E-state index is 0.0726. The van der Waals surface area contributed by atoms with Crippen LogP contribution in [-0.4, -0.2) is 54.0 Å². The summed E-state index contributed by atoms with van der Waals surface area (Å²) in [6.07, 6.45) is 3.15. The number of fused-ring (bicyclic) bond motifs is 1. The highest BCUT2D eigenvalue weighted by molar-refractivity contribution is 5.97. The normalized spacial score (nSPS) is 21.4. The first-order valence-electron chi connectivity index (χ1n) is 9.37. The Morgan fingerprint density at radius 3 is 2.93 bits per heavy atom. The molecule has 0 radical (unpaired) electrons. The topological polar surface area (TPSA) is 80.8 Å². The average molecular weight is 381 g/mol. The number of benzene rings is 1. The van der Waals surface area contributed by atoms with Crippen LogP contribution in [0.5, 0.6) is 11.5 Å². The van der Waals surface area contributed by atoms with Gasteiger partial charge in [0.05, 0.1) is 31.3 Å². The van der Waals surface area contributed by atoms with E-state index in [4.69, 9.17) is 9.47 Å². The molecule has 7 heteroatoms. The van der Waals surface area contributed by atoms with Crippen LogP contribution in [0.4, 0.5) is 0 Å². The fourth-order valence-electron chi connectivity index (χ4n) is 3.78. The van der Waals surface area contributed by atoms with Crippen LogP contribution >= 0.6 is 0 Å². The molecule has 1 spiro atoms. The van der Waals surface area contributed by atoms with Crippen LogP contribution in [0.2, 0.25) is 0 Å². The van der Waals surface area contributed by atoms with Crippen LogP contribution in [0.15, 0.2) is 36.5 Å². The number of methoxy groups -OCH3 is 1. The van der Waals surface area contributed by atoms with E-state index in [1.807, 2.05) is 13.0 Å². The number of hydrogen-bond donors (Lipinski definition) is 1. The Balaban J connectivity index is 1.61. The molecule has 28 heavy (non-hydrogen) atoms. The van der Waals surface area contributed by atoms with E-state index in [2.05, 4.69) is 10.3 Å². The second-order valence-electron chi connectivity index (χ2n) is 7.35. The summed E-state index contributed by atoms with van der Waals surface area (Å²) < 4.78 is 11.6. The number of ether oxygens (including phenoxy) is 2. The van der Waals surface area contributed by atoms with Crippen molar-refractivity contribution < 1.29 is 19.1 Å². The molecule has 1 fully saturated rings. The minimum Gasteiger partial charge on any atom is -0.497 e. The Bertz CT molecular complexity index is 912. The van der Waals surface area contributed by atoms with Gasteiger partial charge in [0.1, 0.15) is 17.1 Å². The second-order valence-corrected chi connectivity index (χ2v) is 7.35. The SMILES string of the molecule is COc1ccc2c(c1)OC1(CCCN(C(=O)c3ccc(C)nc3)C1)CNC2=O. The van der Waals surface area contributed by atoms with Crippen molar-refractivity contribution >= 4 is 11.8 Å². The van der Waals surface area contributed by atoms with Gasteiger partial charge in [-0.15, -0.1) is 0 Å². The highest BCUT2D eigenvalue weighted by Gasteiger charge is 2.42. The molecule has 7 nitrogen and oxygen atoms in total. The van der Waals surface area contributed by atoms with Gasteiger partial charge in [0.2, 0.25) is 0 Å². The molecule has 1 unspecified atom stereocenters. The first kappa shape index (κ1) is 18.3. The third kappa shape index (κ3) is 3.40. The maximum Gasteiger partial charge on any atom is 0.255 e. The monoisotopic (exact) mass is 381 g/mol. The van der Waals surface area contributed by atoms with Crippen molar-refractivity contribution in [3.63, 3.8) is 0 Å². The quantitative estimate of drug-likeness (QED) is 0.863. The summed E-state index contributed by atoms with van der Waals surface area (Å²) in [4.78, 5) is 31.4. The Morgan fingerprint density at radius 1 is 1.32 bits per heavy atom. The van der Waals surface area contributed by atoms with E-state index < -0.39 is 5.60 Å². The molecule has 146 valence electrons. The number of nitrogens with one attached hydrogen (secondary N) is 1. The molecule has 0 aliphatic carbocycles. The van der Waals surface area contributed by atoms with Gasteiger partial charge in [0.15, 0.2) is 0 Å². The number of carbonyl (C=O) groups excluding carboxylic acids is 2. The Labute approximate surface area is 163 Å². The van der Waals surface area contributed by atoms with Crippen molar-refractivity contribution in [2.45, 2.75) is 25.4 Å². The first-order valence-corrected chi connectivity index (χ1v) is 9.37. The molecule has 1 N–H and O–H groups in total. The smallest absolute Gasteiger partial charge is 0.255 e. The number of likely N-dealkylation sites (tertiary alicyclic amines) is 1. The van der Waals surface area contributed by atoms with Crippen LogP contribution in [0, 0.1) is 6.92 Å². The molecule has 1 aromatic carbocycles. The largest absolute Gasteiger partial charge is 0.497 e. The standard InChI is InChI=1S/C21H23N3O4/c1-14-4-5-15(11-22-14)20(26)24-9-3-8-21(13-24)12-23-19(25)17-7-6-16(27-2)10-18(17)28-21/h4-7,10-11H,3,8-9,12-13H2,1-2H3,(H,23,25). The number of carbonyl (C=O) groups is 2. The van der Waals surface area contributed by atoms with Crippen LogP contribution in [0.3, 0.4) is 0 Å². The molecule has 0 saturated carbocycles. The van der Waals surface area contributed by atoms with Crippen molar-refractivity contribution in [3.8, 4) is 11.5 Å². The van der Waals surface area contributed by atoms with Crippen LogP contribution in [0.25, 0.3) is 0 Å². The number of rotatable bonds is 2. The van der Waals surface area contributed by atoms with Gasteiger partial charge in [0, 0.05) is 24.5 Å². The minimum atomic E-state index is -0.667. The van der Waals surface area contributed by atoms with Gasteiger partial charge < -0.3 is 19.7 Å². The highest BCUT2D eigenvalue weighted by atomic mass is 16.5. The van der Waals surface area contributed by atoms with Gasteiger partial charge >= 0.3 is 0 Å². The van der Waals surface area contributed by atoms with E-state index in [0.717, 1.165) is 18.5 Å². The van der Waals surface area contributed by atoms with Crippen molar-refractivity contribution in [2.24, 2.45) is 0 Å². The molecular weight excluding hydrogens is 358 g/mol. The number of pyridine rings is 1. The molecule has 1 atom stereocenters. The Hall–Kier alpha value is -3.09. The van der Waals surface area contributed by atoms with Gasteiger partial charge in [-0.3, -0.25) is 14.6 Å². The molecule has 4 rings (SSSR count). The third-order valence-corrected chi connectivity index (χ3v) is 5.32. The fourth-order valence-corrected chi connectivity index (χ4v) is 3.78. The zero-order valence-corrected chi connectivity index (χ0v) is 16.0. The summed E-state index contributed by atoms with van der Waals surface area (Å²) in [6.45, 7) is 3.28. The predicted molar refractivity (Wildman–Crippen MR) is 103 cm³/mol. The van der Waals surface area contributed by atoms with Gasteiger partial charge in [-0.2, -0.15) is 0 Å². The third-order valence-electron chi connectivity index (χ3n) is 5.32. The molecule has 2 aliphatic rings. The van der Waals surface area contributed by atoms with Crippen molar-refractivity contribution in [2.75, 3.05) is 26.7 Å². The van der Waals surface area contributed by atoms with Crippen LogP contribution in [-0.2, 0) is 0 Å². The lowest BCUT2D eigenvalue weighted by Gasteiger charge is -2.42. The van der Waals surface area contributed by atoms with E-state index >= 15 is 0 Å². The number of hydrogen-bond acceptors (Lipinski definition) is 5. The Kier molecular flexibility index (Phi) is 4.66. The lowest BCUT2D eigenvalue weighted by molar-refractivity contribution is -0.000974. The summed E-state index contributed by atoms with van der Waals surface area (Å²) in [5.74, 6) is 0.857. The number of piperidine rings is 1. The van der Waals surface area contributed by atoms with E-state index in [1.165, 1.54) is 0 Å². The van der Waals surface area contributed by atoms with E-state index in [-0.39, 0.29) is 11.8 Å². The first-order chi connectivity index (χ1) is 13.5. The average Bonchev–Trinajstić information content (AvgIpc) is 2.84. The molecule has 2 aromatic rings. The number of amides is 2. The van der Waals surface area contributed by atoms with Gasteiger partial charge in [-0.1, -0.05) is 0 Å². The summed E-state index contributed by atoms with van der Waals surface area (Å²) in [5, 5.41) is 2.95. The van der Waals surface area contributed by atoms with Gasteiger partial charge in [-0.05, 0) is 44.0 Å². The molecule has 1 aromatic heterocycles. The molecule has 3 heterocycles. The molecular formula is C21H23N3O4. The summed E-state index contributed by atoms with van der Waals surface area (Å²) in [7, 11) is 1.57. The maximum absolute atomic E-state index is 13.0. The Morgan fingerprint density at radius 2 is 2.18 bits per heavy atom. The summed E-state index contributed by atoms with van der Waals surface area (Å²) in [6, 6.07) is 8.79. The van der Waals surface area contributed by atoms with E-state index in [9.17, 15) is 9.59 Å². The van der Waals surface area contributed by atoms with Crippen molar-refractivity contribution in [1.82, 2.24) is 15.2 Å². The van der Waals surface area contributed by atoms with Crippen LogP contribution in [0.1, 0.15) is 39.3 Å². The number of aryl methyl sites for hydroxylation is 1. The van der Waals surface area contributed by atoms with Gasteiger partial charge in [-0.25, -0.2) is 0 Å². The van der Waals surface area contributed by atoms with Crippen molar-refractivity contribution in [1.29, 1.82) is 0 Å². The number of aromatic nitrogens is 1. The van der Waals surface area contributed by atoms with Crippen LogP contribution < -0.4 is 14.8 Å². The van der Waals surface area contributed by atoms with E-state index in [0.29, 0.717) is 42.3 Å². The second kappa shape index (κ2) is 7.14.